The molecule has 4 amide bonds. The van der Waals surface area contributed by atoms with Crippen molar-refractivity contribution in [2.24, 2.45) is 11.3 Å². The summed E-state index contributed by atoms with van der Waals surface area (Å²) in [4.78, 5) is 40.4. The lowest BCUT2D eigenvalue weighted by Gasteiger charge is -2.36. The maximum atomic E-state index is 12.9. The van der Waals surface area contributed by atoms with Crippen molar-refractivity contribution in [1.29, 1.82) is 5.26 Å². The summed E-state index contributed by atoms with van der Waals surface area (Å²) in [6, 6.07) is 1.77. The van der Waals surface area contributed by atoms with Gasteiger partial charge >= 0.3 is 6.03 Å². The lowest BCUT2D eigenvalue weighted by atomic mass is 9.69. The van der Waals surface area contributed by atoms with Crippen LogP contribution in [0.5, 0.6) is 0 Å². The van der Waals surface area contributed by atoms with Crippen LogP contribution < -0.4 is 10.6 Å². The first-order valence-corrected chi connectivity index (χ1v) is 12.5. The molecule has 7 nitrogen and oxygen atoms in total. The van der Waals surface area contributed by atoms with Crippen molar-refractivity contribution in [3.8, 4) is 6.07 Å². The summed E-state index contributed by atoms with van der Waals surface area (Å²) in [5, 5.41) is 16.0. The van der Waals surface area contributed by atoms with E-state index in [1.54, 1.807) is 0 Å². The van der Waals surface area contributed by atoms with Gasteiger partial charge in [0.05, 0.1) is 5.56 Å². The van der Waals surface area contributed by atoms with Crippen LogP contribution in [0.15, 0.2) is 0 Å². The Morgan fingerprint density at radius 2 is 2.03 bits per heavy atom. The van der Waals surface area contributed by atoms with Gasteiger partial charge < -0.3 is 10.6 Å². The molecule has 2 fully saturated rings. The molecule has 0 aromatic carbocycles. The van der Waals surface area contributed by atoms with Crippen LogP contribution in [0.2, 0.25) is 0 Å². The van der Waals surface area contributed by atoms with Crippen LogP contribution in [-0.4, -0.2) is 34.8 Å². The monoisotopic (exact) mass is 456 g/mol. The van der Waals surface area contributed by atoms with E-state index in [0.717, 1.165) is 55.4 Å². The molecule has 2 N–H and O–H groups in total. The Balaban J connectivity index is 1.47. The fourth-order valence-corrected chi connectivity index (χ4v) is 6.67. The Morgan fingerprint density at radius 1 is 1.31 bits per heavy atom. The number of carbonyl (C=O) groups is 3. The van der Waals surface area contributed by atoms with Gasteiger partial charge in [0.25, 0.3) is 5.91 Å². The number of hydrogen-bond donors (Lipinski definition) is 2. The predicted octanol–water partition coefficient (Wildman–Crippen LogP) is 4.35. The number of nitriles is 1. The van der Waals surface area contributed by atoms with E-state index in [4.69, 9.17) is 0 Å². The highest BCUT2D eigenvalue weighted by Crippen LogP contribution is 2.45. The zero-order valence-electron chi connectivity index (χ0n) is 19.2. The van der Waals surface area contributed by atoms with E-state index in [-0.39, 0.29) is 17.9 Å². The molecular formula is C24H32N4O3S. The quantitative estimate of drug-likeness (QED) is 0.643. The molecular weight excluding hydrogens is 424 g/mol. The minimum atomic E-state index is -0.837. The van der Waals surface area contributed by atoms with Crippen LogP contribution in [0.4, 0.5) is 9.80 Å². The van der Waals surface area contributed by atoms with Gasteiger partial charge in [0.1, 0.15) is 23.2 Å². The SMILES string of the molecule is CCC(C)(C)[C@@H]1CCc2c(sc(NC(=O)CN3C(=O)NC4(CCCCC4)C3=O)c2C#N)C1. The second kappa shape index (κ2) is 8.51. The maximum Gasteiger partial charge on any atom is 0.325 e. The Morgan fingerprint density at radius 3 is 2.69 bits per heavy atom. The van der Waals surface area contributed by atoms with Crippen LogP contribution in [0.1, 0.15) is 81.7 Å². The van der Waals surface area contributed by atoms with Gasteiger partial charge in [0.2, 0.25) is 5.91 Å². The van der Waals surface area contributed by atoms with Gasteiger partial charge in [-0.3, -0.25) is 14.5 Å². The van der Waals surface area contributed by atoms with Gasteiger partial charge in [0.15, 0.2) is 0 Å². The highest BCUT2D eigenvalue weighted by atomic mass is 32.1. The van der Waals surface area contributed by atoms with Crippen LogP contribution in [0, 0.1) is 22.7 Å². The Hall–Kier alpha value is -2.40. The van der Waals surface area contributed by atoms with Gasteiger partial charge in [-0.2, -0.15) is 5.26 Å². The van der Waals surface area contributed by atoms with E-state index in [1.807, 2.05) is 0 Å². The number of nitrogens with one attached hydrogen (secondary N) is 2. The molecule has 1 aliphatic heterocycles. The summed E-state index contributed by atoms with van der Waals surface area (Å²) in [5.74, 6) is -0.193. The Labute approximate surface area is 193 Å². The number of thiophene rings is 1. The molecule has 172 valence electrons. The Bertz CT molecular complexity index is 984. The van der Waals surface area contributed by atoms with E-state index in [1.165, 1.54) is 16.2 Å². The van der Waals surface area contributed by atoms with Crippen molar-refractivity contribution >= 4 is 34.2 Å². The number of rotatable bonds is 5. The number of urea groups is 1. The first kappa shape index (κ1) is 22.8. The lowest BCUT2D eigenvalue weighted by molar-refractivity contribution is -0.134. The highest BCUT2D eigenvalue weighted by Gasteiger charge is 2.51. The molecule has 0 unspecified atom stereocenters. The number of hydrogen-bond acceptors (Lipinski definition) is 5. The van der Waals surface area contributed by atoms with Crippen molar-refractivity contribution in [1.82, 2.24) is 10.2 Å². The summed E-state index contributed by atoms with van der Waals surface area (Å²) in [6.07, 6.45) is 8.00. The zero-order valence-corrected chi connectivity index (χ0v) is 20.0. The second-order valence-corrected chi connectivity index (χ2v) is 11.2. The molecule has 1 saturated heterocycles. The van der Waals surface area contributed by atoms with Crippen molar-refractivity contribution in [3.05, 3.63) is 16.0 Å². The molecule has 1 spiro atoms. The molecule has 1 saturated carbocycles. The minimum absolute atomic E-state index is 0.233. The normalized spacial score (nSPS) is 22.4. The fraction of sp³-hybridized carbons (Fsp3) is 0.667. The van der Waals surface area contributed by atoms with Crippen LogP contribution in [-0.2, 0) is 22.4 Å². The number of anilines is 1. The molecule has 1 aromatic rings. The summed E-state index contributed by atoms with van der Waals surface area (Å²) < 4.78 is 0. The van der Waals surface area contributed by atoms with E-state index in [9.17, 15) is 19.6 Å². The number of carbonyl (C=O) groups excluding carboxylic acids is 3. The molecule has 1 aromatic heterocycles. The molecule has 2 heterocycles. The molecule has 1 atom stereocenters. The third kappa shape index (κ3) is 3.92. The van der Waals surface area contributed by atoms with Crippen molar-refractivity contribution in [2.45, 2.75) is 84.1 Å². The first-order chi connectivity index (χ1) is 15.2. The first-order valence-electron chi connectivity index (χ1n) is 11.7. The summed E-state index contributed by atoms with van der Waals surface area (Å²) in [5.41, 5.74) is 0.978. The van der Waals surface area contributed by atoms with Crippen molar-refractivity contribution < 1.29 is 14.4 Å². The average Bonchev–Trinajstić information content (AvgIpc) is 3.23. The highest BCUT2D eigenvalue weighted by molar-refractivity contribution is 7.16. The second-order valence-electron chi connectivity index (χ2n) is 10.1. The molecule has 0 radical (unpaired) electrons. The molecule has 32 heavy (non-hydrogen) atoms. The summed E-state index contributed by atoms with van der Waals surface area (Å²) >= 11 is 1.47. The van der Waals surface area contributed by atoms with Gasteiger partial charge in [-0.15, -0.1) is 11.3 Å². The summed E-state index contributed by atoms with van der Waals surface area (Å²) in [7, 11) is 0. The van der Waals surface area contributed by atoms with E-state index in [0.29, 0.717) is 29.3 Å². The molecule has 2 aliphatic carbocycles. The van der Waals surface area contributed by atoms with Crippen LogP contribution in [0.25, 0.3) is 0 Å². The smallest absolute Gasteiger partial charge is 0.323 e. The number of fused-ring (bicyclic) bond motifs is 1. The summed E-state index contributed by atoms with van der Waals surface area (Å²) in [6.45, 7) is 6.47. The maximum absolute atomic E-state index is 12.9. The molecule has 4 rings (SSSR count). The zero-order chi connectivity index (χ0) is 23.1. The van der Waals surface area contributed by atoms with E-state index >= 15 is 0 Å². The van der Waals surface area contributed by atoms with Crippen molar-refractivity contribution in [2.75, 3.05) is 11.9 Å². The van der Waals surface area contributed by atoms with Gasteiger partial charge in [-0.1, -0.05) is 46.5 Å². The van der Waals surface area contributed by atoms with Crippen LogP contribution >= 0.6 is 11.3 Å². The number of nitrogens with zero attached hydrogens (tertiary/aromatic N) is 2. The minimum Gasteiger partial charge on any atom is -0.323 e. The van der Waals surface area contributed by atoms with Crippen molar-refractivity contribution in [3.63, 3.8) is 0 Å². The third-order valence-electron chi connectivity index (χ3n) is 7.90. The molecule has 0 bridgehead atoms. The number of amides is 4. The number of imide groups is 1. The standard InChI is InChI=1S/C24H32N4O3S/c1-4-23(2,3)15-8-9-16-17(13-25)20(32-18(16)12-15)26-19(29)14-28-21(30)24(27-22(28)31)10-6-5-7-11-24/h15H,4-12,14H2,1-3H3,(H,26,29)(H,27,31)/t15-/m1/s1. The lowest BCUT2D eigenvalue weighted by Crippen LogP contribution is -2.48. The largest absolute Gasteiger partial charge is 0.325 e. The predicted molar refractivity (Wildman–Crippen MR) is 123 cm³/mol. The van der Waals surface area contributed by atoms with Gasteiger partial charge in [-0.25, -0.2) is 4.79 Å². The average molecular weight is 457 g/mol. The van der Waals surface area contributed by atoms with E-state index < -0.39 is 17.5 Å². The van der Waals surface area contributed by atoms with E-state index in [2.05, 4.69) is 37.5 Å². The molecule has 3 aliphatic rings. The van der Waals surface area contributed by atoms with Crippen LogP contribution in [0.3, 0.4) is 0 Å². The Kier molecular flexibility index (Phi) is 6.06. The third-order valence-corrected chi connectivity index (χ3v) is 9.07. The molecule has 8 heteroatoms. The fourth-order valence-electron chi connectivity index (χ4n) is 5.37. The topological polar surface area (TPSA) is 102 Å². The van der Waals surface area contributed by atoms with Gasteiger partial charge in [0, 0.05) is 4.88 Å². The van der Waals surface area contributed by atoms with Gasteiger partial charge in [-0.05, 0) is 49.0 Å².